The summed E-state index contributed by atoms with van der Waals surface area (Å²) in [6.45, 7) is -1.61. The Morgan fingerprint density at radius 2 is 1.75 bits per heavy atom. The first-order valence-corrected chi connectivity index (χ1v) is 12.7. The van der Waals surface area contributed by atoms with Gasteiger partial charge in [-0.2, -0.15) is 32.1 Å². The molecular weight excluding hydrogens is 536 g/mol. The van der Waals surface area contributed by atoms with Crippen molar-refractivity contribution < 1.29 is 26.3 Å². The number of pyridine rings is 1. The monoisotopic (exact) mass is 563 g/mol. The standard InChI is InChI=1S/C21H20F5N5O.C7H7F/c22-20(23)31-18(8-10-28-31)16-11-14(13-5-2-1-3-6-13)19(32)30(29-16)12-17-15(21(24,25)26)7-4-9-27-17;1-6-3-2-4-7(8)5-6/h4,7-11,13,20H,1-3,5-6,12H2;2-5H,1H3. The molecule has 0 bridgehead atoms. The fraction of sp³-hybridized carbons (Fsp3) is 0.357. The van der Waals surface area contributed by atoms with Gasteiger partial charge in [0.1, 0.15) is 11.5 Å². The van der Waals surface area contributed by atoms with Gasteiger partial charge in [-0.15, -0.1) is 0 Å². The second-order valence-corrected chi connectivity index (χ2v) is 9.52. The largest absolute Gasteiger partial charge is 0.418 e. The van der Waals surface area contributed by atoms with E-state index in [4.69, 9.17) is 0 Å². The number of alkyl halides is 5. The van der Waals surface area contributed by atoms with Crippen LogP contribution in [0.15, 0.2) is 65.7 Å². The molecule has 0 amide bonds. The Bertz CT molecular complexity index is 1470. The molecule has 1 aliphatic carbocycles. The highest BCUT2D eigenvalue weighted by atomic mass is 19.4. The molecule has 1 aromatic carbocycles. The number of rotatable bonds is 5. The van der Waals surface area contributed by atoms with Crippen molar-refractivity contribution in [1.82, 2.24) is 24.5 Å². The van der Waals surface area contributed by atoms with Crippen LogP contribution < -0.4 is 5.56 Å². The van der Waals surface area contributed by atoms with E-state index in [1.807, 2.05) is 13.0 Å². The minimum atomic E-state index is -4.66. The summed E-state index contributed by atoms with van der Waals surface area (Å²) >= 11 is 0. The van der Waals surface area contributed by atoms with Crippen LogP contribution in [0.1, 0.15) is 67.0 Å². The maximum atomic E-state index is 13.4. The van der Waals surface area contributed by atoms with Crippen LogP contribution in [0.4, 0.5) is 26.3 Å². The summed E-state index contributed by atoms with van der Waals surface area (Å²) in [6, 6.07) is 11.3. The van der Waals surface area contributed by atoms with Crippen LogP contribution >= 0.6 is 0 Å². The lowest BCUT2D eigenvalue weighted by molar-refractivity contribution is -0.138. The zero-order valence-corrected chi connectivity index (χ0v) is 21.6. The quantitative estimate of drug-likeness (QED) is 0.242. The van der Waals surface area contributed by atoms with E-state index >= 15 is 0 Å². The van der Waals surface area contributed by atoms with E-state index in [-0.39, 0.29) is 28.8 Å². The van der Waals surface area contributed by atoms with Gasteiger partial charge >= 0.3 is 12.7 Å². The number of benzene rings is 1. The van der Waals surface area contributed by atoms with Crippen molar-refractivity contribution in [3.63, 3.8) is 0 Å². The van der Waals surface area contributed by atoms with E-state index in [0.717, 1.165) is 54.5 Å². The Hall–Kier alpha value is -3.96. The van der Waals surface area contributed by atoms with Crippen molar-refractivity contribution in [2.45, 2.75) is 64.2 Å². The molecule has 0 N–H and O–H groups in total. The van der Waals surface area contributed by atoms with Gasteiger partial charge in [-0.1, -0.05) is 31.4 Å². The first-order valence-electron chi connectivity index (χ1n) is 12.7. The zero-order valence-electron chi connectivity index (χ0n) is 21.6. The maximum absolute atomic E-state index is 13.4. The highest BCUT2D eigenvalue weighted by Crippen LogP contribution is 2.34. The first-order chi connectivity index (χ1) is 19.0. The third-order valence-corrected chi connectivity index (χ3v) is 6.64. The van der Waals surface area contributed by atoms with Gasteiger partial charge in [-0.3, -0.25) is 9.78 Å². The Kier molecular flexibility index (Phi) is 9.06. The average molecular weight is 564 g/mol. The molecule has 40 heavy (non-hydrogen) atoms. The van der Waals surface area contributed by atoms with Crippen molar-refractivity contribution in [3.05, 3.63) is 99.5 Å². The Morgan fingerprint density at radius 3 is 2.38 bits per heavy atom. The predicted molar refractivity (Wildman–Crippen MR) is 136 cm³/mol. The highest BCUT2D eigenvalue weighted by Gasteiger charge is 2.34. The summed E-state index contributed by atoms with van der Waals surface area (Å²) in [5.41, 5.74) is -0.538. The Morgan fingerprint density at radius 1 is 1.00 bits per heavy atom. The van der Waals surface area contributed by atoms with Crippen LogP contribution in [0, 0.1) is 12.7 Å². The van der Waals surface area contributed by atoms with Gasteiger partial charge < -0.3 is 0 Å². The molecule has 0 atom stereocenters. The van der Waals surface area contributed by atoms with Crippen LogP contribution in [0.25, 0.3) is 11.4 Å². The molecule has 0 radical (unpaired) electrons. The van der Waals surface area contributed by atoms with Crippen LogP contribution in [-0.4, -0.2) is 24.5 Å². The molecule has 0 spiro atoms. The molecule has 0 unspecified atom stereocenters. The third-order valence-electron chi connectivity index (χ3n) is 6.64. The van der Waals surface area contributed by atoms with Gasteiger partial charge in [0.2, 0.25) is 0 Å². The number of nitrogens with zero attached hydrogens (tertiary/aromatic N) is 5. The van der Waals surface area contributed by atoms with Crippen molar-refractivity contribution in [2.24, 2.45) is 0 Å². The van der Waals surface area contributed by atoms with Crippen molar-refractivity contribution in [3.8, 4) is 11.4 Å². The van der Waals surface area contributed by atoms with E-state index in [2.05, 4.69) is 15.2 Å². The molecule has 1 fully saturated rings. The molecule has 0 saturated heterocycles. The fourth-order valence-electron chi connectivity index (χ4n) is 4.74. The van der Waals surface area contributed by atoms with E-state index < -0.39 is 30.4 Å². The van der Waals surface area contributed by atoms with Crippen LogP contribution in [0.3, 0.4) is 0 Å². The van der Waals surface area contributed by atoms with Crippen LogP contribution in [0.5, 0.6) is 0 Å². The molecule has 12 heteroatoms. The molecule has 212 valence electrons. The summed E-state index contributed by atoms with van der Waals surface area (Å²) < 4.78 is 80.6. The van der Waals surface area contributed by atoms with Crippen LogP contribution in [-0.2, 0) is 12.7 Å². The Balaban J connectivity index is 0.000000398. The number of hydrogen-bond acceptors (Lipinski definition) is 4. The normalized spacial score (nSPS) is 14.2. The van der Waals surface area contributed by atoms with Gasteiger partial charge in [0.25, 0.3) is 5.56 Å². The Labute approximate surface area is 226 Å². The second-order valence-electron chi connectivity index (χ2n) is 9.52. The number of aromatic nitrogens is 5. The summed E-state index contributed by atoms with van der Waals surface area (Å²) in [4.78, 5) is 17.0. The first kappa shape index (κ1) is 29.0. The summed E-state index contributed by atoms with van der Waals surface area (Å²) in [6.07, 6.45) is 2.06. The molecule has 0 aliphatic heterocycles. The molecular formula is C28H27F6N5O. The molecule has 5 rings (SSSR count). The summed E-state index contributed by atoms with van der Waals surface area (Å²) in [5.74, 6) is -0.275. The maximum Gasteiger partial charge on any atom is 0.418 e. The van der Waals surface area contributed by atoms with E-state index in [1.54, 1.807) is 6.07 Å². The van der Waals surface area contributed by atoms with Gasteiger partial charge in [0.15, 0.2) is 0 Å². The average Bonchev–Trinajstić information content (AvgIpc) is 3.41. The number of halogens is 6. The minimum Gasteiger partial charge on any atom is -0.267 e. The molecule has 3 heterocycles. The number of aryl methyl sites for hydroxylation is 1. The smallest absolute Gasteiger partial charge is 0.267 e. The lowest BCUT2D eigenvalue weighted by Crippen LogP contribution is -2.30. The predicted octanol–water partition coefficient (Wildman–Crippen LogP) is 7.15. The molecule has 4 aromatic rings. The lowest BCUT2D eigenvalue weighted by Gasteiger charge is -2.22. The molecule has 3 aromatic heterocycles. The SMILES string of the molecule is Cc1cccc(F)c1.O=c1c(C2CCCCC2)cc(-c2ccnn2C(F)F)nn1Cc1ncccc1C(F)(F)F. The molecule has 1 aliphatic rings. The van der Waals surface area contributed by atoms with Crippen molar-refractivity contribution in [2.75, 3.05) is 0 Å². The lowest BCUT2D eigenvalue weighted by atomic mass is 9.84. The van der Waals surface area contributed by atoms with E-state index in [0.29, 0.717) is 10.2 Å². The minimum absolute atomic E-state index is 0.0251. The summed E-state index contributed by atoms with van der Waals surface area (Å²) in [7, 11) is 0. The third kappa shape index (κ3) is 6.97. The molecule has 6 nitrogen and oxygen atoms in total. The van der Waals surface area contributed by atoms with Crippen molar-refractivity contribution in [1.29, 1.82) is 0 Å². The highest BCUT2D eigenvalue weighted by molar-refractivity contribution is 5.54. The number of hydrogen-bond donors (Lipinski definition) is 0. The van der Waals surface area contributed by atoms with Gasteiger partial charge in [-0.05, 0) is 67.6 Å². The fourth-order valence-corrected chi connectivity index (χ4v) is 4.74. The second kappa shape index (κ2) is 12.5. The van der Waals surface area contributed by atoms with Crippen molar-refractivity contribution >= 4 is 0 Å². The van der Waals surface area contributed by atoms with Crippen LogP contribution in [0.2, 0.25) is 0 Å². The van der Waals surface area contributed by atoms with E-state index in [1.165, 1.54) is 36.7 Å². The van der Waals surface area contributed by atoms with Gasteiger partial charge in [-0.25, -0.2) is 13.8 Å². The van der Waals surface area contributed by atoms with E-state index in [9.17, 15) is 31.1 Å². The molecule has 1 saturated carbocycles. The topological polar surface area (TPSA) is 65.6 Å². The van der Waals surface area contributed by atoms with Gasteiger partial charge in [0, 0.05) is 18.0 Å². The zero-order chi connectivity index (χ0) is 28.9. The summed E-state index contributed by atoms with van der Waals surface area (Å²) in [5, 5.41) is 7.73. The van der Waals surface area contributed by atoms with Gasteiger partial charge in [0.05, 0.1) is 23.5 Å².